The Morgan fingerprint density at radius 3 is 3.00 bits per heavy atom. The van der Waals surface area contributed by atoms with Crippen LogP contribution >= 0.6 is 0 Å². The minimum absolute atomic E-state index is 0.135. The van der Waals surface area contributed by atoms with Crippen molar-refractivity contribution in [1.29, 1.82) is 0 Å². The predicted molar refractivity (Wildman–Crippen MR) is 83.8 cm³/mol. The predicted octanol–water partition coefficient (Wildman–Crippen LogP) is 4.00. The van der Waals surface area contributed by atoms with Crippen LogP contribution in [0.1, 0.15) is 48.3 Å². The summed E-state index contributed by atoms with van der Waals surface area (Å²) in [6.45, 7) is 5.95. The largest absolute Gasteiger partial charge is 0.493 e. The molecule has 21 heavy (non-hydrogen) atoms. The molecule has 0 radical (unpaired) electrons. The summed E-state index contributed by atoms with van der Waals surface area (Å²) in [4.78, 5) is 0. The number of furan rings is 1. The van der Waals surface area contributed by atoms with Crippen LogP contribution < -0.4 is 10.1 Å². The van der Waals surface area contributed by atoms with Crippen molar-refractivity contribution in [3.8, 4) is 5.75 Å². The van der Waals surface area contributed by atoms with Crippen LogP contribution in [0, 0.1) is 6.92 Å². The molecule has 3 rings (SSSR count). The number of fused-ring (bicyclic) bond motifs is 1. The third-order valence-corrected chi connectivity index (χ3v) is 3.96. The molecule has 1 atom stereocenters. The van der Waals surface area contributed by atoms with Gasteiger partial charge in [0.1, 0.15) is 11.5 Å². The van der Waals surface area contributed by atoms with E-state index in [4.69, 9.17) is 9.15 Å². The molecule has 0 spiro atoms. The number of rotatable bonds is 5. The van der Waals surface area contributed by atoms with Crippen molar-refractivity contribution in [2.45, 2.75) is 39.2 Å². The van der Waals surface area contributed by atoms with Gasteiger partial charge in [0.2, 0.25) is 0 Å². The zero-order valence-corrected chi connectivity index (χ0v) is 12.8. The van der Waals surface area contributed by atoms with Crippen LogP contribution in [0.4, 0.5) is 0 Å². The summed E-state index contributed by atoms with van der Waals surface area (Å²) in [6, 6.07) is 8.72. The van der Waals surface area contributed by atoms with Crippen molar-refractivity contribution in [3.63, 3.8) is 0 Å². The van der Waals surface area contributed by atoms with Crippen LogP contribution in [0.25, 0.3) is 0 Å². The highest BCUT2D eigenvalue weighted by Crippen LogP contribution is 2.36. The highest BCUT2D eigenvalue weighted by Gasteiger charge is 2.23. The number of hydrogen-bond acceptors (Lipinski definition) is 3. The van der Waals surface area contributed by atoms with Gasteiger partial charge in [-0.05, 0) is 44.4 Å². The second-order valence-corrected chi connectivity index (χ2v) is 5.67. The van der Waals surface area contributed by atoms with E-state index in [1.165, 1.54) is 16.7 Å². The summed E-state index contributed by atoms with van der Waals surface area (Å²) < 4.78 is 11.5. The lowest BCUT2D eigenvalue weighted by molar-refractivity contribution is 0.283. The summed E-state index contributed by atoms with van der Waals surface area (Å²) in [7, 11) is 0. The van der Waals surface area contributed by atoms with Crippen molar-refractivity contribution in [3.05, 3.63) is 53.0 Å². The summed E-state index contributed by atoms with van der Waals surface area (Å²) in [6.07, 6.45) is 5.16. The van der Waals surface area contributed by atoms with Crippen molar-refractivity contribution in [2.75, 3.05) is 13.2 Å². The molecule has 112 valence electrons. The Labute approximate surface area is 126 Å². The summed E-state index contributed by atoms with van der Waals surface area (Å²) in [5.74, 6) is 2.01. The van der Waals surface area contributed by atoms with Crippen LogP contribution in [0.2, 0.25) is 0 Å². The fourth-order valence-electron chi connectivity index (χ4n) is 2.95. The first-order chi connectivity index (χ1) is 10.3. The van der Waals surface area contributed by atoms with E-state index >= 15 is 0 Å². The third kappa shape index (κ3) is 2.98. The lowest BCUT2D eigenvalue weighted by atomic mass is 9.94. The Morgan fingerprint density at radius 1 is 1.33 bits per heavy atom. The first kappa shape index (κ1) is 14.2. The van der Waals surface area contributed by atoms with Crippen LogP contribution in [0.5, 0.6) is 5.75 Å². The van der Waals surface area contributed by atoms with Crippen molar-refractivity contribution >= 4 is 0 Å². The average molecular weight is 285 g/mol. The van der Waals surface area contributed by atoms with Gasteiger partial charge in [0.05, 0.1) is 18.9 Å². The lowest BCUT2D eigenvalue weighted by Crippen LogP contribution is -2.24. The molecule has 0 amide bonds. The molecule has 0 aliphatic carbocycles. The molecule has 2 aromatic rings. The molecule has 1 aromatic carbocycles. The Hall–Kier alpha value is -1.74. The fraction of sp³-hybridized carbons (Fsp3) is 0.444. The van der Waals surface area contributed by atoms with Crippen LogP contribution in [-0.4, -0.2) is 13.2 Å². The minimum Gasteiger partial charge on any atom is -0.493 e. The Bertz CT molecular complexity index is 603. The molecule has 0 saturated carbocycles. The number of nitrogens with one attached hydrogen (secondary N) is 1. The molecule has 1 aromatic heterocycles. The summed E-state index contributed by atoms with van der Waals surface area (Å²) in [5.41, 5.74) is 3.72. The lowest BCUT2D eigenvalue weighted by Gasteiger charge is -2.25. The first-order valence-corrected chi connectivity index (χ1v) is 7.82. The molecule has 0 fully saturated rings. The minimum atomic E-state index is 0.135. The van der Waals surface area contributed by atoms with Gasteiger partial charge in [0.25, 0.3) is 0 Å². The third-order valence-electron chi connectivity index (χ3n) is 3.96. The van der Waals surface area contributed by atoms with E-state index in [1.54, 1.807) is 0 Å². The van der Waals surface area contributed by atoms with Crippen molar-refractivity contribution < 1.29 is 9.15 Å². The first-order valence-electron chi connectivity index (χ1n) is 7.82. The number of para-hydroxylation sites is 1. The molecule has 1 aliphatic rings. The number of aryl methyl sites for hydroxylation is 2. The number of ether oxygens (including phenoxy) is 1. The van der Waals surface area contributed by atoms with Gasteiger partial charge in [0.15, 0.2) is 0 Å². The number of benzene rings is 1. The molecule has 3 heteroatoms. The van der Waals surface area contributed by atoms with E-state index in [-0.39, 0.29) is 6.04 Å². The molecule has 1 aliphatic heterocycles. The SMILES string of the molecule is CCCNC(c1coc(C)c1)c1cccc2c1OCCC2. The standard InChI is InChI=1S/C18H23NO2/c1-3-9-19-17(15-11-13(2)21-12-15)16-8-4-6-14-7-5-10-20-18(14)16/h4,6,8,11-12,17,19H,3,5,7,9-10H2,1-2H3. The second kappa shape index (κ2) is 6.35. The highest BCUT2D eigenvalue weighted by molar-refractivity contribution is 5.47. The van der Waals surface area contributed by atoms with E-state index in [0.717, 1.165) is 43.9 Å². The maximum Gasteiger partial charge on any atom is 0.127 e. The molecule has 0 saturated heterocycles. The van der Waals surface area contributed by atoms with Gasteiger partial charge in [-0.15, -0.1) is 0 Å². The van der Waals surface area contributed by atoms with Crippen LogP contribution in [-0.2, 0) is 6.42 Å². The summed E-state index contributed by atoms with van der Waals surface area (Å²) >= 11 is 0. The molecular weight excluding hydrogens is 262 g/mol. The van der Waals surface area contributed by atoms with E-state index in [9.17, 15) is 0 Å². The van der Waals surface area contributed by atoms with Crippen LogP contribution in [0.3, 0.4) is 0 Å². The fourth-order valence-corrected chi connectivity index (χ4v) is 2.95. The topological polar surface area (TPSA) is 34.4 Å². The van der Waals surface area contributed by atoms with Gasteiger partial charge in [-0.3, -0.25) is 0 Å². The van der Waals surface area contributed by atoms with Gasteiger partial charge in [-0.1, -0.05) is 25.1 Å². The van der Waals surface area contributed by atoms with Gasteiger partial charge < -0.3 is 14.5 Å². The molecular formula is C18H23NO2. The normalized spacial score (nSPS) is 15.3. The molecule has 0 bridgehead atoms. The molecule has 1 N–H and O–H groups in total. The molecule has 1 unspecified atom stereocenters. The smallest absolute Gasteiger partial charge is 0.127 e. The van der Waals surface area contributed by atoms with E-state index in [1.807, 2.05) is 13.2 Å². The Morgan fingerprint density at radius 2 is 2.24 bits per heavy atom. The Kier molecular flexibility index (Phi) is 4.30. The Balaban J connectivity index is 2.00. The average Bonchev–Trinajstić information content (AvgIpc) is 2.94. The van der Waals surface area contributed by atoms with E-state index < -0.39 is 0 Å². The van der Waals surface area contributed by atoms with Gasteiger partial charge in [-0.25, -0.2) is 0 Å². The van der Waals surface area contributed by atoms with Gasteiger partial charge in [0, 0.05) is 11.1 Å². The van der Waals surface area contributed by atoms with Gasteiger partial charge >= 0.3 is 0 Å². The zero-order valence-electron chi connectivity index (χ0n) is 12.8. The van der Waals surface area contributed by atoms with E-state index in [2.05, 4.69) is 36.5 Å². The summed E-state index contributed by atoms with van der Waals surface area (Å²) in [5, 5.41) is 3.63. The van der Waals surface area contributed by atoms with Crippen molar-refractivity contribution in [2.24, 2.45) is 0 Å². The zero-order chi connectivity index (χ0) is 14.7. The number of hydrogen-bond donors (Lipinski definition) is 1. The maximum absolute atomic E-state index is 5.97. The molecule has 2 heterocycles. The highest BCUT2D eigenvalue weighted by atomic mass is 16.5. The van der Waals surface area contributed by atoms with E-state index in [0.29, 0.717) is 0 Å². The maximum atomic E-state index is 5.97. The molecule has 3 nitrogen and oxygen atoms in total. The van der Waals surface area contributed by atoms with Crippen molar-refractivity contribution in [1.82, 2.24) is 5.32 Å². The van der Waals surface area contributed by atoms with Crippen LogP contribution in [0.15, 0.2) is 34.9 Å². The quantitative estimate of drug-likeness (QED) is 0.901. The van der Waals surface area contributed by atoms with Gasteiger partial charge in [-0.2, -0.15) is 0 Å². The monoisotopic (exact) mass is 285 g/mol. The second-order valence-electron chi connectivity index (χ2n) is 5.67.